The average molecular weight is 293 g/mol. The van der Waals surface area contributed by atoms with E-state index < -0.39 is 4.92 Å². The summed E-state index contributed by atoms with van der Waals surface area (Å²) in [5.74, 6) is 0.829. The number of rotatable bonds is 6. The van der Waals surface area contributed by atoms with Gasteiger partial charge in [0.05, 0.1) is 11.0 Å². The molecule has 0 bridgehead atoms. The summed E-state index contributed by atoms with van der Waals surface area (Å²) in [6.07, 6.45) is 6.04. The van der Waals surface area contributed by atoms with Crippen molar-refractivity contribution < 1.29 is 9.66 Å². The van der Waals surface area contributed by atoms with Crippen LogP contribution in [0.2, 0.25) is 0 Å². The van der Waals surface area contributed by atoms with Crippen LogP contribution in [-0.2, 0) is 4.74 Å². The maximum atomic E-state index is 10.7. The van der Waals surface area contributed by atoms with Gasteiger partial charge < -0.3 is 9.64 Å². The maximum absolute atomic E-state index is 10.7. The lowest BCUT2D eigenvalue weighted by molar-refractivity contribution is -0.385. The first-order valence-corrected chi connectivity index (χ1v) is 7.56. The second kappa shape index (κ2) is 7.36. The van der Waals surface area contributed by atoms with E-state index in [1.807, 2.05) is 13.8 Å². The van der Waals surface area contributed by atoms with Gasteiger partial charge in [-0.15, -0.1) is 0 Å². The van der Waals surface area contributed by atoms with Crippen LogP contribution in [0.5, 0.6) is 0 Å². The van der Waals surface area contributed by atoms with Crippen molar-refractivity contribution in [2.45, 2.75) is 51.7 Å². The Morgan fingerprint density at radius 1 is 1.48 bits per heavy atom. The topological polar surface area (TPSA) is 68.5 Å². The summed E-state index contributed by atoms with van der Waals surface area (Å²) in [5.41, 5.74) is 0.0375. The Bertz CT molecular complexity index is 462. The van der Waals surface area contributed by atoms with Crippen LogP contribution in [0.4, 0.5) is 11.5 Å². The second-order valence-electron chi connectivity index (χ2n) is 5.68. The zero-order valence-electron chi connectivity index (χ0n) is 12.7. The van der Waals surface area contributed by atoms with Crippen molar-refractivity contribution in [1.29, 1.82) is 0 Å². The van der Waals surface area contributed by atoms with Gasteiger partial charge in [0.25, 0.3) is 5.69 Å². The van der Waals surface area contributed by atoms with Gasteiger partial charge in [0.15, 0.2) is 0 Å². The highest BCUT2D eigenvalue weighted by molar-refractivity contribution is 5.44. The van der Waals surface area contributed by atoms with E-state index in [2.05, 4.69) is 9.88 Å². The van der Waals surface area contributed by atoms with Crippen LogP contribution in [-0.4, -0.2) is 35.2 Å². The molecule has 2 rings (SSSR count). The fourth-order valence-corrected chi connectivity index (χ4v) is 2.70. The molecule has 0 aliphatic carbocycles. The second-order valence-corrected chi connectivity index (χ2v) is 5.68. The standard InChI is InChI=1S/C15H23N3O3/c1-12(2)21-10-8-13-5-3-4-9-17(13)15-7-6-14(11-16-15)18(19)20/h6-7,11-13H,3-5,8-10H2,1-2H3/t13-/m1/s1. The Labute approximate surface area is 125 Å². The Morgan fingerprint density at radius 3 is 2.90 bits per heavy atom. The number of anilines is 1. The molecule has 2 heterocycles. The zero-order valence-corrected chi connectivity index (χ0v) is 12.7. The number of piperidine rings is 1. The number of ether oxygens (including phenoxy) is 1. The number of hydrogen-bond acceptors (Lipinski definition) is 5. The molecule has 1 aliphatic heterocycles. The SMILES string of the molecule is CC(C)OCC[C@H]1CCCCN1c1ccc([N+](=O)[O-])cn1. The molecule has 1 saturated heterocycles. The van der Waals surface area contributed by atoms with Gasteiger partial charge in [-0.25, -0.2) is 4.98 Å². The van der Waals surface area contributed by atoms with Gasteiger partial charge in [0.1, 0.15) is 12.0 Å². The van der Waals surface area contributed by atoms with Crippen molar-refractivity contribution in [3.63, 3.8) is 0 Å². The smallest absolute Gasteiger partial charge is 0.287 e. The largest absolute Gasteiger partial charge is 0.379 e. The van der Waals surface area contributed by atoms with E-state index in [1.165, 1.54) is 18.7 Å². The number of aromatic nitrogens is 1. The van der Waals surface area contributed by atoms with Crippen LogP contribution in [0.1, 0.15) is 39.5 Å². The minimum atomic E-state index is -0.416. The minimum Gasteiger partial charge on any atom is -0.379 e. The van der Waals surface area contributed by atoms with E-state index in [0.717, 1.165) is 38.2 Å². The summed E-state index contributed by atoms with van der Waals surface area (Å²) in [6, 6.07) is 3.68. The molecule has 21 heavy (non-hydrogen) atoms. The fourth-order valence-electron chi connectivity index (χ4n) is 2.70. The Balaban J connectivity index is 2.01. The first-order chi connectivity index (χ1) is 10.1. The molecule has 0 amide bonds. The van der Waals surface area contributed by atoms with Gasteiger partial charge in [-0.05, 0) is 45.6 Å². The summed E-state index contributed by atoms with van der Waals surface area (Å²) >= 11 is 0. The van der Waals surface area contributed by atoms with E-state index in [-0.39, 0.29) is 11.8 Å². The molecule has 116 valence electrons. The first kappa shape index (κ1) is 15.7. The molecule has 0 unspecified atom stereocenters. The predicted octanol–water partition coefficient (Wildman–Crippen LogP) is 3.16. The van der Waals surface area contributed by atoms with E-state index >= 15 is 0 Å². The van der Waals surface area contributed by atoms with Crippen molar-refractivity contribution in [1.82, 2.24) is 4.98 Å². The monoisotopic (exact) mass is 293 g/mol. The van der Waals surface area contributed by atoms with E-state index in [9.17, 15) is 10.1 Å². The molecule has 1 fully saturated rings. The van der Waals surface area contributed by atoms with Crippen LogP contribution >= 0.6 is 0 Å². The molecule has 0 radical (unpaired) electrons. The van der Waals surface area contributed by atoms with Crippen molar-refractivity contribution in [3.05, 3.63) is 28.4 Å². The van der Waals surface area contributed by atoms with Crippen molar-refractivity contribution in [2.24, 2.45) is 0 Å². The number of nitrogens with zero attached hydrogens (tertiary/aromatic N) is 3. The third-order valence-corrected chi connectivity index (χ3v) is 3.77. The van der Waals surface area contributed by atoms with Gasteiger partial charge in [0.2, 0.25) is 0 Å². The van der Waals surface area contributed by atoms with Gasteiger partial charge in [-0.1, -0.05) is 0 Å². The van der Waals surface area contributed by atoms with E-state index in [0.29, 0.717) is 6.04 Å². The normalized spacial score (nSPS) is 19.0. The lowest BCUT2D eigenvalue weighted by Gasteiger charge is -2.36. The van der Waals surface area contributed by atoms with E-state index in [4.69, 9.17) is 4.74 Å². The molecular weight excluding hydrogens is 270 g/mol. The Kier molecular flexibility index (Phi) is 5.50. The van der Waals surface area contributed by atoms with Gasteiger partial charge >= 0.3 is 0 Å². The molecule has 0 spiro atoms. The zero-order chi connectivity index (χ0) is 15.2. The minimum absolute atomic E-state index is 0.0375. The molecule has 1 aromatic heterocycles. The van der Waals surface area contributed by atoms with Crippen molar-refractivity contribution >= 4 is 11.5 Å². The van der Waals surface area contributed by atoms with Crippen LogP contribution in [0.25, 0.3) is 0 Å². The highest BCUT2D eigenvalue weighted by Crippen LogP contribution is 2.26. The van der Waals surface area contributed by atoms with Crippen LogP contribution < -0.4 is 4.90 Å². The summed E-state index contributed by atoms with van der Waals surface area (Å²) in [4.78, 5) is 16.8. The maximum Gasteiger partial charge on any atom is 0.287 e. The molecular formula is C15H23N3O3. The summed E-state index contributed by atoms with van der Waals surface area (Å²) in [7, 11) is 0. The Morgan fingerprint density at radius 2 is 2.29 bits per heavy atom. The number of nitro groups is 1. The van der Waals surface area contributed by atoms with Gasteiger partial charge in [-0.3, -0.25) is 10.1 Å². The number of hydrogen-bond donors (Lipinski definition) is 0. The molecule has 0 saturated carbocycles. The summed E-state index contributed by atoms with van der Waals surface area (Å²) in [6.45, 7) is 5.77. The Hall–Kier alpha value is -1.69. The fraction of sp³-hybridized carbons (Fsp3) is 0.667. The lowest BCUT2D eigenvalue weighted by atomic mass is 9.99. The highest BCUT2D eigenvalue weighted by Gasteiger charge is 2.23. The van der Waals surface area contributed by atoms with Crippen LogP contribution in [0.15, 0.2) is 18.3 Å². The van der Waals surface area contributed by atoms with E-state index in [1.54, 1.807) is 6.07 Å². The van der Waals surface area contributed by atoms with Crippen molar-refractivity contribution in [3.8, 4) is 0 Å². The molecule has 1 aromatic rings. The first-order valence-electron chi connectivity index (χ1n) is 7.56. The van der Waals surface area contributed by atoms with Crippen molar-refractivity contribution in [2.75, 3.05) is 18.1 Å². The molecule has 0 aromatic carbocycles. The predicted molar refractivity (Wildman–Crippen MR) is 81.6 cm³/mol. The van der Waals surface area contributed by atoms with Crippen LogP contribution in [0, 0.1) is 10.1 Å². The van der Waals surface area contributed by atoms with Gasteiger partial charge in [0, 0.05) is 25.3 Å². The molecule has 6 heteroatoms. The molecule has 1 atom stereocenters. The highest BCUT2D eigenvalue weighted by atomic mass is 16.6. The average Bonchev–Trinajstić information content (AvgIpc) is 2.47. The molecule has 6 nitrogen and oxygen atoms in total. The third-order valence-electron chi connectivity index (χ3n) is 3.77. The quantitative estimate of drug-likeness (QED) is 0.595. The van der Waals surface area contributed by atoms with Gasteiger partial charge in [-0.2, -0.15) is 0 Å². The lowest BCUT2D eigenvalue weighted by Crippen LogP contribution is -2.40. The van der Waals surface area contributed by atoms with Crippen LogP contribution in [0.3, 0.4) is 0 Å². The third kappa shape index (κ3) is 4.39. The summed E-state index contributed by atoms with van der Waals surface area (Å²) < 4.78 is 5.64. The number of pyridine rings is 1. The molecule has 1 aliphatic rings. The molecule has 0 N–H and O–H groups in total. The summed E-state index contributed by atoms with van der Waals surface area (Å²) in [5, 5.41) is 10.7.